The SMILES string of the molecule is CC(CC(=O)Nc1ccccc1C(C)C)=NNC(=O)COc1ccc(Cl)cc1Cl. The Hall–Kier alpha value is -2.57. The molecule has 0 atom stereocenters. The fourth-order valence-corrected chi connectivity index (χ4v) is 2.97. The quantitative estimate of drug-likeness (QED) is 0.451. The van der Waals surface area contributed by atoms with Gasteiger partial charge in [0.25, 0.3) is 5.91 Å². The maximum Gasteiger partial charge on any atom is 0.277 e. The lowest BCUT2D eigenvalue weighted by molar-refractivity contribution is -0.123. The number of nitrogens with zero attached hydrogens (tertiary/aromatic N) is 1. The molecule has 2 N–H and O–H groups in total. The third kappa shape index (κ3) is 7.40. The van der Waals surface area contributed by atoms with Crippen molar-refractivity contribution in [1.29, 1.82) is 0 Å². The van der Waals surface area contributed by atoms with Crippen LogP contribution in [0.15, 0.2) is 47.6 Å². The van der Waals surface area contributed by atoms with Crippen molar-refractivity contribution in [2.24, 2.45) is 5.10 Å². The van der Waals surface area contributed by atoms with Crippen molar-refractivity contribution in [3.05, 3.63) is 58.1 Å². The molecule has 0 aliphatic heterocycles. The summed E-state index contributed by atoms with van der Waals surface area (Å²) in [6.07, 6.45) is 0.0522. The van der Waals surface area contributed by atoms with E-state index >= 15 is 0 Å². The van der Waals surface area contributed by atoms with Gasteiger partial charge in [0.2, 0.25) is 5.91 Å². The molecule has 2 rings (SSSR count). The lowest BCUT2D eigenvalue weighted by Gasteiger charge is -2.13. The largest absolute Gasteiger partial charge is 0.482 e. The number of hydrogen-bond donors (Lipinski definition) is 2. The van der Waals surface area contributed by atoms with Crippen LogP contribution >= 0.6 is 23.2 Å². The number of hydrogen-bond acceptors (Lipinski definition) is 4. The number of hydrazone groups is 1. The van der Waals surface area contributed by atoms with Crippen LogP contribution in [0.25, 0.3) is 0 Å². The third-order valence-electron chi connectivity index (χ3n) is 3.90. The van der Waals surface area contributed by atoms with Crippen LogP contribution in [0.5, 0.6) is 5.75 Å². The normalized spacial score (nSPS) is 11.3. The van der Waals surface area contributed by atoms with Gasteiger partial charge in [-0.15, -0.1) is 0 Å². The predicted octanol–water partition coefficient (Wildman–Crippen LogP) is 5.02. The molecule has 2 amide bonds. The number of anilines is 1. The molecule has 0 aromatic heterocycles. The number of benzene rings is 2. The molecular weight excluding hydrogens is 413 g/mol. The van der Waals surface area contributed by atoms with Gasteiger partial charge >= 0.3 is 0 Å². The van der Waals surface area contributed by atoms with Crippen LogP contribution in [0.4, 0.5) is 5.69 Å². The maximum absolute atomic E-state index is 12.3. The van der Waals surface area contributed by atoms with Gasteiger partial charge in [0.1, 0.15) is 5.75 Å². The Labute approximate surface area is 180 Å². The van der Waals surface area contributed by atoms with Crippen LogP contribution in [-0.4, -0.2) is 24.1 Å². The number of para-hydroxylation sites is 1. The fraction of sp³-hybridized carbons (Fsp3) is 0.286. The second-order valence-corrected chi connectivity index (χ2v) is 7.56. The summed E-state index contributed by atoms with van der Waals surface area (Å²) in [7, 11) is 0. The summed E-state index contributed by atoms with van der Waals surface area (Å²) in [4.78, 5) is 24.1. The topological polar surface area (TPSA) is 79.8 Å². The summed E-state index contributed by atoms with van der Waals surface area (Å²) >= 11 is 11.8. The van der Waals surface area contributed by atoms with Gasteiger partial charge in [-0.2, -0.15) is 5.10 Å². The van der Waals surface area contributed by atoms with E-state index in [1.54, 1.807) is 19.1 Å². The first-order chi connectivity index (χ1) is 13.8. The van der Waals surface area contributed by atoms with E-state index in [2.05, 4.69) is 29.7 Å². The van der Waals surface area contributed by atoms with Crippen molar-refractivity contribution in [1.82, 2.24) is 5.43 Å². The molecule has 0 heterocycles. The van der Waals surface area contributed by atoms with Gasteiger partial charge in [-0.25, -0.2) is 5.43 Å². The highest BCUT2D eigenvalue weighted by molar-refractivity contribution is 6.35. The van der Waals surface area contributed by atoms with Gasteiger partial charge in [0, 0.05) is 16.4 Å². The van der Waals surface area contributed by atoms with Crippen molar-refractivity contribution in [2.75, 3.05) is 11.9 Å². The van der Waals surface area contributed by atoms with Crippen LogP contribution in [0.3, 0.4) is 0 Å². The molecule has 0 fully saturated rings. The first-order valence-corrected chi connectivity index (χ1v) is 9.80. The standard InChI is InChI=1S/C21H23Cl2N3O3/c1-13(2)16-6-4-5-7-18(16)24-20(27)10-14(3)25-26-21(28)12-29-19-9-8-15(22)11-17(19)23/h4-9,11,13H,10,12H2,1-3H3,(H,24,27)(H,26,28). The highest BCUT2D eigenvalue weighted by Crippen LogP contribution is 2.27. The Bertz CT molecular complexity index is 914. The zero-order chi connectivity index (χ0) is 21.4. The van der Waals surface area contributed by atoms with Crippen molar-refractivity contribution in [3.8, 4) is 5.75 Å². The molecule has 0 radical (unpaired) electrons. The molecule has 0 spiro atoms. The van der Waals surface area contributed by atoms with Gasteiger partial charge < -0.3 is 10.1 Å². The minimum Gasteiger partial charge on any atom is -0.482 e. The fourth-order valence-electron chi connectivity index (χ4n) is 2.51. The van der Waals surface area contributed by atoms with Gasteiger partial charge in [-0.05, 0) is 42.7 Å². The molecule has 2 aromatic rings. The maximum atomic E-state index is 12.3. The van der Waals surface area contributed by atoms with E-state index in [1.807, 2.05) is 24.3 Å². The van der Waals surface area contributed by atoms with Gasteiger partial charge in [-0.3, -0.25) is 9.59 Å². The lowest BCUT2D eigenvalue weighted by Crippen LogP contribution is -2.26. The second-order valence-electron chi connectivity index (χ2n) is 6.71. The lowest BCUT2D eigenvalue weighted by atomic mass is 10.0. The molecule has 0 saturated carbocycles. The van der Waals surface area contributed by atoms with Crippen LogP contribution < -0.4 is 15.5 Å². The van der Waals surface area contributed by atoms with Crippen molar-refractivity contribution in [2.45, 2.75) is 33.1 Å². The molecule has 29 heavy (non-hydrogen) atoms. The molecule has 6 nitrogen and oxygen atoms in total. The average Bonchev–Trinajstić information content (AvgIpc) is 2.65. The Morgan fingerprint density at radius 3 is 2.52 bits per heavy atom. The Balaban J connectivity index is 1.83. The molecular formula is C21H23Cl2N3O3. The molecule has 0 aliphatic rings. The number of amides is 2. The Kier molecular flexibility index (Phi) is 8.49. The average molecular weight is 436 g/mol. The molecule has 154 valence electrons. The van der Waals surface area contributed by atoms with Crippen molar-refractivity contribution >= 4 is 46.4 Å². The minimum absolute atomic E-state index is 0.0522. The van der Waals surface area contributed by atoms with E-state index < -0.39 is 5.91 Å². The zero-order valence-corrected chi connectivity index (χ0v) is 18.0. The summed E-state index contributed by atoms with van der Waals surface area (Å²) in [5.74, 6) is -0.0523. The van der Waals surface area contributed by atoms with Crippen molar-refractivity contribution < 1.29 is 14.3 Å². The van der Waals surface area contributed by atoms with Crippen LogP contribution in [-0.2, 0) is 9.59 Å². The summed E-state index contributed by atoms with van der Waals surface area (Å²) < 4.78 is 5.33. The smallest absolute Gasteiger partial charge is 0.277 e. The van der Waals surface area contributed by atoms with E-state index in [9.17, 15) is 9.59 Å². The minimum atomic E-state index is -0.471. The first kappa shape index (κ1) is 22.7. The van der Waals surface area contributed by atoms with Gasteiger partial charge in [0.15, 0.2) is 6.61 Å². The summed E-state index contributed by atoms with van der Waals surface area (Å²) in [5.41, 5.74) is 4.65. The second kappa shape index (κ2) is 10.8. The third-order valence-corrected chi connectivity index (χ3v) is 4.43. The van der Waals surface area contributed by atoms with E-state index in [4.69, 9.17) is 27.9 Å². The van der Waals surface area contributed by atoms with E-state index in [0.717, 1.165) is 11.3 Å². The number of halogens is 2. The molecule has 0 aliphatic carbocycles. The van der Waals surface area contributed by atoms with E-state index in [0.29, 0.717) is 21.5 Å². The molecule has 0 bridgehead atoms. The van der Waals surface area contributed by atoms with Gasteiger partial charge in [0.05, 0.1) is 11.4 Å². The molecule has 2 aromatic carbocycles. The van der Waals surface area contributed by atoms with E-state index in [1.165, 1.54) is 6.07 Å². The monoisotopic (exact) mass is 435 g/mol. The van der Waals surface area contributed by atoms with Crippen molar-refractivity contribution in [3.63, 3.8) is 0 Å². The molecule has 0 saturated heterocycles. The molecule has 8 heteroatoms. The van der Waals surface area contributed by atoms with Crippen LogP contribution in [0.2, 0.25) is 10.0 Å². The highest BCUT2D eigenvalue weighted by Gasteiger charge is 2.11. The summed E-state index contributed by atoms with van der Waals surface area (Å²) in [6.45, 7) is 5.51. The Morgan fingerprint density at radius 1 is 1.10 bits per heavy atom. The van der Waals surface area contributed by atoms with Gasteiger partial charge in [-0.1, -0.05) is 55.2 Å². The molecule has 0 unspecified atom stereocenters. The first-order valence-electron chi connectivity index (χ1n) is 9.05. The number of rotatable bonds is 8. The number of ether oxygens (including phenoxy) is 1. The number of carbonyl (C=O) groups is 2. The predicted molar refractivity (Wildman–Crippen MR) is 117 cm³/mol. The highest BCUT2D eigenvalue weighted by atomic mass is 35.5. The zero-order valence-electron chi connectivity index (χ0n) is 16.5. The number of nitrogens with one attached hydrogen (secondary N) is 2. The summed E-state index contributed by atoms with van der Waals surface area (Å²) in [6, 6.07) is 12.4. The van der Waals surface area contributed by atoms with E-state index in [-0.39, 0.29) is 24.9 Å². The number of carbonyl (C=O) groups excluding carboxylic acids is 2. The summed E-state index contributed by atoms with van der Waals surface area (Å²) in [5, 5.41) is 7.60. The van der Waals surface area contributed by atoms with Crippen LogP contribution in [0.1, 0.15) is 38.7 Å². The Morgan fingerprint density at radius 2 is 1.83 bits per heavy atom. The van der Waals surface area contributed by atoms with Crippen LogP contribution in [0, 0.1) is 0 Å².